The van der Waals surface area contributed by atoms with Gasteiger partial charge in [-0.15, -0.1) is 0 Å². The first kappa shape index (κ1) is 15.7. The number of anilines is 1. The van der Waals surface area contributed by atoms with Crippen LogP contribution in [0.3, 0.4) is 0 Å². The second kappa shape index (κ2) is 6.22. The van der Waals surface area contributed by atoms with Gasteiger partial charge in [0, 0.05) is 30.1 Å². The molecule has 0 saturated carbocycles. The number of carbonyl (C=O) groups is 1. The average molecular weight is 336 g/mol. The van der Waals surface area contributed by atoms with Crippen molar-refractivity contribution in [1.29, 1.82) is 0 Å². The Labute approximate surface area is 145 Å². The molecule has 1 aliphatic heterocycles. The molecule has 1 aliphatic rings. The molecule has 25 heavy (non-hydrogen) atoms. The van der Waals surface area contributed by atoms with Crippen LogP contribution in [0.4, 0.5) is 10.5 Å². The van der Waals surface area contributed by atoms with Crippen LogP contribution in [0.25, 0.3) is 10.9 Å². The van der Waals surface area contributed by atoms with E-state index in [2.05, 4.69) is 15.5 Å². The third kappa shape index (κ3) is 2.85. The summed E-state index contributed by atoms with van der Waals surface area (Å²) in [6.45, 7) is 3.07. The van der Waals surface area contributed by atoms with Gasteiger partial charge in [0.1, 0.15) is 0 Å². The zero-order valence-corrected chi connectivity index (χ0v) is 14.0. The molecule has 2 aromatic carbocycles. The summed E-state index contributed by atoms with van der Waals surface area (Å²) in [5.41, 5.74) is 4.90. The summed E-state index contributed by atoms with van der Waals surface area (Å²) in [7, 11) is 0. The Morgan fingerprint density at radius 2 is 2.24 bits per heavy atom. The minimum atomic E-state index is -0.161. The second-order valence-corrected chi connectivity index (χ2v) is 6.51. The summed E-state index contributed by atoms with van der Waals surface area (Å²) in [6, 6.07) is 11.6. The highest BCUT2D eigenvalue weighted by atomic mass is 16.3. The maximum absolute atomic E-state index is 12.7. The monoisotopic (exact) mass is 336 g/mol. The number of fused-ring (bicyclic) bond motifs is 2. The van der Waals surface area contributed by atoms with E-state index in [0.717, 1.165) is 33.3 Å². The number of urea groups is 1. The van der Waals surface area contributed by atoms with Crippen molar-refractivity contribution in [3.05, 3.63) is 59.3 Å². The van der Waals surface area contributed by atoms with Gasteiger partial charge in [-0.2, -0.15) is 5.10 Å². The molecule has 4 rings (SSSR count). The molecule has 3 aromatic rings. The lowest BCUT2D eigenvalue weighted by molar-refractivity contribution is 0.180. The number of aromatic amines is 1. The number of aliphatic hydroxyl groups excluding tert-OH is 1. The summed E-state index contributed by atoms with van der Waals surface area (Å²) in [6.07, 6.45) is 1.78. The molecule has 1 unspecified atom stereocenters. The molecule has 1 atom stereocenters. The van der Waals surface area contributed by atoms with Crippen molar-refractivity contribution in [1.82, 2.24) is 15.1 Å². The number of aliphatic hydroxyl groups is 1. The van der Waals surface area contributed by atoms with Gasteiger partial charge < -0.3 is 15.3 Å². The number of aromatic nitrogens is 2. The average Bonchev–Trinajstić information content (AvgIpc) is 3.09. The number of hydrogen-bond acceptors (Lipinski definition) is 3. The standard InChI is InChI=1S/C19H20N4O2/c1-12-6-15(7-18-17(12)8-20-22-18)21-19(25)23-9-13-4-2-3-5-16(13)14(10-23)11-24/h2-8,14,24H,9-11H2,1H3,(H,20,22)(H,21,25). The smallest absolute Gasteiger partial charge is 0.322 e. The fraction of sp³-hybridized carbons (Fsp3) is 0.263. The molecule has 0 fully saturated rings. The molecule has 0 bridgehead atoms. The molecular formula is C19H20N4O2. The number of benzene rings is 2. The Balaban J connectivity index is 1.56. The van der Waals surface area contributed by atoms with E-state index in [4.69, 9.17) is 0 Å². The summed E-state index contributed by atoms with van der Waals surface area (Å²) in [5, 5.41) is 20.7. The highest BCUT2D eigenvalue weighted by Crippen LogP contribution is 2.28. The number of rotatable bonds is 2. The minimum Gasteiger partial charge on any atom is -0.396 e. The van der Waals surface area contributed by atoms with Gasteiger partial charge in [0.25, 0.3) is 0 Å². The summed E-state index contributed by atoms with van der Waals surface area (Å²) in [5.74, 6) is -0.0486. The van der Waals surface area contributed by atoms with Gasteiger partial charge in [-0.25, -0.2) is 4.79 Å². The molecule has 0 saturated heterocycles. The SMILES string of the molecule is Cc1cc(NC(=O)N2Cc3ccccc3C(CO)C2)cc2[nH]ncc12. The van der Waals surface area contributed by atoms with Crippen LogP contribution in [0, 0.1) is 6.92 Å². The van der Waals surface area contributed by atoms with Crippen LogP contribution < -0.4 is 5.32 Å². The Morgan fingerprint density at radius 3 is 3.08 bits per heavy atom. The normalized spacial score (nSPS) is 16.7. The minimum absolute atomic E-state index is 0.0278. The van der Waals surface area contributed by atoms with Gasteiger partial charge in [-0.3, -0.25) is 5.10 Å². The van der Waals surface area contributed by atoms with Crippen molar-refractivity contribution >= 4 is 22.6 Å². The van der Waals surface area contributed by atoms with Crippen molar-refractivity contribution in [3.63, 3.8) is 0 Å². The predicted octanol–water partition coefficient (Wildman–Crippen LogP) is 2.99. The first-order chi connectivity index (χ1) is 12.2. The quantitative estimate of drug-likeness (QED) is 0.673. The van der Waals surface area contributed by atoms with Gasteiger partial charge in [0.15, 0.2) is 0 Å². The van der Waals surface area contributed by atoms with E-state index < -0.39 is 0 Å². The maximum Gasteiger partial charge on any atom is 0.322 e. The van der Waals surface area contributed by atoms with Gasteiger partial charge >= 0.3 is 6.03 Å². The third-order valence-corrected chi connectivity index (χ3v) is 4.82. The van der Waals surface area contributed by atoms with Crippen molar-refractivity contribution in [2.75, 3.05) is 18.5 Å². The highest BCUT2D eigenvalue weighted by Gasteiger charge is 2.27. The molecule has 6 heteroatoms. The zero-order valence-electron chi connectivity index (χ0n) is 14.0. The van der Waals surface area contributed by atoms with E-state index in [1.54, 1.807) is 11.1 Å². The molecule has 1 aromatic heterocycles. The number of nitrogens with one attached hydrogen (secondary N) is 2. The first-order valence-corrected chi connectivity index (χ1v) is 8.34. The lowest BCUT2D eigenvalue weighted by Crippen LogP contribution is -2.41. The topological polar surface area (TPSA) is 81.3 Å². The molecule has 2 amide bonds. The number of H-pyrrole nitrogens is 1. The summed E-state index contributed by atoms with van der Waals surface area (Å²) < 4.78 is 0. The number of hydrogen-bond donors (Lipinski definition) is 3. The molecule has 128 valence electrons. The van der Waals surface area contributed by atoms with Crippen molar-refractivity contribution < 1.29 is 9.90 Å². The Morgan fingerprint density at radius 1 is 1.40 bits per heavy atom. The zero-order chi connectivity index (χ0) is 17.4. The summed E-state index contributed by atoms with van der Waals surface area (Å²) >= 11 is 0. The van der Waals surface area contributed by atoms with E-state index in [1.807, 2.05) is 43.3 Å². The van der Waals surface area contributed by atoms with Crippen molar-refractivity contribution in [2.24, 2.45) is 0 Å². The molecule has 0 spiro atoms. The Hall–Kier alpha value is -2.86. The maximum atomic E-state index is 12.7. The lowest BCUT2D eigenvalue weighted by atomic mass is 9.90. The van der Waals surface area contributed by atoms with Crippen LogP contribution >= 0.6 is 0 Å². The predicted molar refractivity (Wildman–Crippen MR) is 96.5 cm³/mol. The van der Waals surface area contributed by atoms with E-state index >= 15 is 0 Å². The Bertz CT molecular complexity index is 934. The number of nitrogens with zero attached hydrogens (tertiary/aromatic N) is 2. The van der Waals surface area contributed by atoms with Gasteiger partial charge in [-0.1, -0.05) is 24.3 Å². The third-order valence-electron chi connectivity index (χ3n) is 4.82. The number of aryl methyl sites for hydroxylation is 1. The molecule has 0 aliphatic carbocycles. The fourth-order valence-electron chi connectivity index (χ4n) is 3.53. The van der Waals surface area contributed by atoms with E-state index in [0.29, 0.717) is 13.1 Å². The molecule has 6 nitrogen and oxygen atoms in total. The summed E-state index contributed by atoms with van der Waals surface area (Å²) in [4.78, 5) is 14.5. The molecule has 0 radical (unpaired) electrons. The second-order valence-electron chi connectivity index (χ2n) is 6.51. The highest BCUT2D eigenvalue weighted by molar-refractivity contribution is 5.93. The van der Waals surface area contributed by atoms with Gasteiger partial charge in [0.05, 0.1) is 18.3 Å². The van der Waals surface area contributed by atoms with Crippen LogP contribution in [0.2, 0.25) is 0 Å². The van der Waals surface area contributed by atoms with E-state index in [9.17, 15) is 9.90 Å². The van der Waals surface area contributed by atoms with Crippen LogP contribution in [0.1, 0.15) is 22.6 Å². The molecular weight excluding hydrogens is 316 g/mol. The molecule has 2 heterocycles. The van der Waals surface area contributed by atoms with Crippen LogP contribution in [-0.4, -0.2) is 39.4 Å². The largest absolute Gasteiger partial charge is 0.396 e. The molecule has 3 N–H and O–H groups in total. The fourth-order valence-corrected chi connectivity index (χ4v) is 3.53. The van der Waals surface area contributed by atoms with E-state index in [-0.39, 0.29) is 18.6 Å². The van der Waals surface area contributed by atoms with Crippen LogP contribution in [0.15, 0.2) is 42.6 Å². The Kier molecular flexibility index (Phi) is 3.89. The van der Waals surface area contributed by atoms with Crippen molar-refractivity contribution in [3.8, 4) is 0 Å². The number of carbonyl (C=O) groups excluding carboxylic acids is 1. The van der Waals surface area contributed by atoms with E-state index in [1.165, 1.54) is 0 Å². The van der Waals surface area contributed by atoms with Crippen molar-refractivity contribution in [2.45, 2.75) is 19.4 Å². The van der Waals surface area contributed by atoms with Gasteiger partial charge in [0.2, 0.25) is 0 Å². The van der Waals surface area contributed by atoms with Crippen LogP contribution in [0.5, 0.6) is 0 Å². The number of amides is 2. The van der Waals surface area contributed by atoms with Gasteiger partial charge in [-0.05, 0) is 35.7 Å². The lowest BCUT2D eigenvalue weighted by Gasteiger charge is -2.34. The first-order valence-electron chi connectivity index (χ1n) is 8.34. The van der Waals surface area contributed by atoms with Crippen LogP contribution in [-0.2, 0) is 6.54 Å².